The number of ether oxygens (including phenoxy) is 1. The molecule has 0 heterocycles. The van der Waals surface area contributed by atoms with Crippen LogP contribution in [0.5, 0.6) is 5.75 Å². The zero-order valence-electron chi connectivity index (χ0n) is 13.9. The summed E-state index contributed by atoms with van der Waals surface area (Å²) in [5.41, 5.74) is 0.622. The van der Waals surface area contributed by atoms with Crippen molar-refractivity contribution in [1.82, 2.24) is 4.72 Å². The first-order chi connectivity index (χ1) is 11.5. The Bertz CT molecular complexity index is 970. The van der Waals surface area contributed by atoms with Gasteiger partial charge in [0, 0.05) is 17.3 Å². The van der Waals surface area contributed by atoms with Gasteiger partial charge in [-0.05, 0) is 42.8 Å². The molecule has 0 bridgehead atoms. The first-order valence-corrected chi connectivity index (χ1v) is 11.0. The van der Waals surface area contributed by atoms with Crippen molar-refractivity contribution in [3.8, 4) is 5.75 Å². The number of benzene rings is 2. The quantitative estimate of drug-likeness (QED) is 0.800. The van der Waals surface area contributed by atoms with E-state index >= 15 is 0 Å². The van der Waals surface area contributed by atoms with E-state index in [1.165, 1.54) is 37.4 Å². The fourth-order valence-electron chi connectivity index (χ4n) is 2.23. The Morgan fingerprint density at radius 3 is 2.16 bits per heavy atom. The summed E-state index contributed by atoms with van der Waals surface area (Å²) < 4.78 is 55.9. The number of methoxy groups -OCH3 is 1. The predicted molar refractivity (Wildman–Crippen MR) is 96.3 cm³/mol. The van der Waals surface area contributed by atoms with E-state index in [-0.39, 0.29) is 20.6 Å². The summed E-state index contributed by atoms with van der Waals surface area (Å²) in [7, 11) is -5.83. The van der Waals surface area contributed by atoms with E-state index < -0.39 is 25.9 Å². The molecule has 0 aromatic heterocycles. The van der Waals surface area contributed by atoms with Gasteiger partial charge in [-0.2, -0.15) is 0 Å². The largest absolute Gasteiger partial charge is 0.495 e. The molecule has 0 saturated carbocycles. The molecule has 0 aliphatic rings. The van der Waals surface area contributed by atoms with E-state index in [4.69, 9.17) is 16.3 Å². The minimum absolute atomic E-state index is 0.0675. The number of hydrogen-bond donors (Lipinski definition) is 1. The second-order valence-corrected chi connectivity index (χ2v) is 9.61. The summed E-state index contributed by atoms with van der Waals surface area (Å²) in [5, 5.41) is 0.270. The van der Waals surface area contributed by atoms with Crippen molar-refractivity contribution in [2.24, 2.45) is 0 Å². The van der Waals surface area contributed by atoms with Gasteiger partial charge in [-0.15, -0.1) is 0 Å². The van der Waals surface area contributed by atoms with Crippen LogP contribution in [-0.4, -0.2) is 30.2 Å². The van der Waals surface area contributed by atoms with Crippen LogP contribution < -0.4 is 9.46 Å². The Balaban J connectivity index is 2.30. The molecule has 6 nitrogen and oxygen atoms in total. The van der Waals surface area contributed by atoms with Gasteiger partial charge in [-0.1, -0.05) is 23.7 Å². The number of rotatable bonds is 6. The molecule has 0 aliphatic carbocycles. The van der Waals surface area contributed by atoms with E-state index in [1.54, 1.807) is 19.1 Å². The van der Waals surface area contributed by atoms with Crippen molar-refractivity contribution in [3.05, 3.63) is 53.1 Å². The number of nitrogens with one attached hydrogen (secondary N) is 1. The summed E-state index contributed by atoms with van der Waals surface area (Å²) in [5.74, 6) is 0.177. The third kappa shape index (κ3) is 4.72. The van der Waals surface area contributed by atoms with Crippen molar-refractivity contribution in [3.63, 3.8) is 0 Å². The van der Waals surface area contributed by atoms with Gasteiger partial charge in [-0.3, -0.25) is 0 Å². The zero-order chi connectivity index (χ0) is 18.8. The Kier molecular flexibility index (Phi) is 5.78. The smallest absolute Gasteiger partial charge is 0.244 e. The Morgan fingerprint density at radius 1 is 1.04 bits per heavy atom. The van der Waals surface area contributed by atoms with Gasteiger partial charge in [0.25, 0.3) is 0 Å². The van der Waals surface area contributed by atoms with Gasteiger partial charge in [0.05, 0.1) is 12.0 Å². The maximum Gasteiger partial charge on any atom is 0.244 e. The van der Waals surface area contributed by atoms with Crippen molar-refractivity contribution in [2.75, 3.05) is 13.4 Å². The molecule has 0 amide bonds. The molecule has 2 aromatic carbocycles. The summed E-state index contributed by atoms with van der Waals surface area (Å²) in [6.07, 6.45) is 1.11. The number of sulfonamides is 1. The van der Waals surface area contributed by atoms with Crippen molar-refractivity contribution < 1.29 is 21.6 Å². The Hall–Kier alpha value is -1.61. The lowest BCUT2D eigenvalue weighted by Gasteiger charge is -2.16. The van der Waals surface area contributed by atoms with Gasteiger partial charge < -0.3 is 4.74 Å². The Morgan fingerprint density at radius 2 is 1.64 bits per heavy atom. The molecule has 1 atom stereocenters. The highest BCUT2D eigenvalue weighted by atomic mass is 35.5. The first kappa shape index (κ1) is 19.7. The monoisotopic (exact) mass is 403 g/mol. The van der Waals surface area contributed by atoms with E-state index in [1.807, 2.05) is 0 Å². The van der Waals surface area contributed by atoms with Crippen LogP contribution in [0.1, 0.15) is 18.5 Å². The van der Waals surface area contributed by atoms with Gasteiger partial charge >= 0.3 is 0 Å². The highest BCUT2D eigenvalue weighted by Gasteiger charge is 2.23. The van der Waals surface area contributed by atoms with Crippen molar-refractivity contribution >= 4 is 31.5 Å². The lowest BCUT2D eigenvalue weighted by Crippen LogP contribution is -2.27. The van der Waals surface area contributed by atoms with E-state index in [9.17, 15) is 16.8 Å². The maximum atomic E-state index is 12.6. The number of halogens is 1. The molecule has 25 heavy (non-hydrogen) atoms. The SMILES string of the molecule is COc1ccc(Cl)cc1S(=O)(=O)NC(C)c1ccc(S(C)(=O)=O)cc1. The fraction of sp³-hybridized carbons (Fsp3) is 0.250. The van der Waals surface area contributed by atoms with Crippen molar-refractivity contribution in [2.45, 2.75) is 22.8 Å². The number of hydrogen-bond acceptors (Lipinski definition) is 5. The molecule has 0 fully saturated rings. The maximum absolute atomic E-state index is 12.6. The topological polar surface area (TPSA) is 89.5 Å². The van der Waals surface area contributed by atoms with Crippen LogP contribution in [0.15, 0.2) is 52.3 Å². The minimum atomic E-state index is -3.89. The highest BCUT2D eigenvalue weighted by molar-refractivity contribution is 7.90. The predicted octanol–water partition coefficient (Wildman–Crippen LogP) is 2.79. The molecule has 2 aromatic rings. The standard InChI is InChI=1S/C16H18ClNO5S2/c1-11(12-4-7-14(8-5-12)24(3,19)20)18-25(21,22)16-10-13(17)6-9-15(16)23-2/h4-11,18H,1-3H3. The molecular formula is C16H18ClNO5S2. The average molecular weight is 404 g/mol. The lowest BCUT2D eigenvalue weighted by molar-refractivity contribution is 0.402. The normalized spacial score (nSPS) is 13.4. The van der Waals surface area contributed by atoms with Gasteiger partial charge in [-0.25, -0.2) is 21.6 Å². The zero-order valence-corrected chi connectivity index (χ0v) is 16.2. The van der Waals surface area contributed by atoms with Crippen LogP contribution >= 0.6 is 11.6 Å². The summed E-state index contributed by atoms with van der Waals surface area (Å²) >= 11 is 5.89. The van der Waals surface area contributed by atoms with Crippen LogP contribution in [-0.2, 0) is 19.9 Å². The number of sulfone groups is 1. The molecule has 2 rings (SSSR count). The second kappa shape index (κ2) is 7.33. The third-order valence-electron chi connectivity index (χ3n) is 3.56. The van der Waals surface area contributed by atoms with Crippen LogP contribution in [0.4, 0.5) is 0 Å². The molecule has 136 valence electrons. The molecule has 0 aliphatic heterocycles. The lowest BCUT2D eigenvalue weighted by atomic mass is 10.1. The fourth-order valence-corrected chi connectivity index (χ4v) is 4.52. The molecule has 1 unspecified atom stereocenters. The van der Waals surface area contributed by atoms with Crippen LogP contribution in [0, 0.1) is 0 Å². The summed E-state index contributed by atoms with van der Waals surface area (Å²) in [6, 6.07) is 9.75. The van der Waals surface area contributed by atoms with Gasteiger partial charge in [0.2, 0.25) is 10.0 Å². The first-order valence-electron chi connectivity index (χ1n) is 7.20. The van der Waals surface area contributed by atoms with Crippen LogP contribution in [0.3, 0.4) is 0 Å². The minimum Gasteiger partial charge on any atom is -0.495 e. The average Bonchev–Trinajstić information content (AvgIpc) is 2.53. The van der Waals surface area contributed by atoms with Crippen molar-refractivity contribution in [1.29, 1.82) is 0 Å². The molecule has 0 radical (unpaired) electrons. The summed E-state index contributed by atoms with van der Waals surface area (Å²) in [6.45, 7) is 1.66. The van der Waals surface area contributed by atoms with Crippen LogP contribution in [0.25, 0.3) is 0 Å². The molecule has 1 N–H and O–H groups in total. The molecule has 0 spiro atoms. The third-order valence-corrected chi connectivity index (χ3v) is 6.48. The van der Waals surface area contributed by atoms with E-state index in [2.05, 4.69) is 4.72 Å². The van der Waals surface area contributed by atoms with Gasteiger partial charge in [0.15, 0.2) is 9.84 Å². The molecule has 9 heteroatoms. The van der Waals surface area contributed by atoms with Crippen LogP contribution in [0.2, 0.25) is 5.02 Å². The second-order valence-electron chi connectivity index (χ2n) is 5.48. The Labute approximate surface area is 152 Å². The van der Waals surface area contributed by atoms with Gasteiger partial charge in [0.1, 0.15) is 10.6 Å². The highest BCUT2D eigenvalue weighted by Crippen LogP contribution is 2.28. The summed E-state index contributed by atoms with van der Waals surface area (Å²) in [4.78, 5) is 0.102. The van der Waals surface area contributed by atoms with E-state index in [0.717, 1.165) is 6.26 Å². The van der Waals surface area contributed by atoms with E-state index in [0.29, 0.717) is 5.56 Å². The molecule has 0 saturated heterocycles. The molecular weight excluding hydrogens is 386 g/mol.